The molecule has 0 radical (unpaired) electrons. The molecule has 4 heteroatoms. The van der Waals surface area contributed by atoms with Crippen LogP contribution in [0.15, 0.2) is 42.5 Å². The molecule has 0 aliphatic carbocycles. The molecule has 0 aliphatic heterocycles. The first-order valence-corrected chi connectivity index (χ1v) is 5.53. The van der Waals surface area contributed by atoms with Gasteiger partial charge in [-0.05, 0) is 18.2 Å². The molecule has 0 aromatic heterocycles. The largest absolute Gasteiger partial charge is 0.478 e. The highest BCUT2D eigenvalue weighted by Crippen LogP contribution is 2.30. The van der Waals surface area contributed by atoms with Gasteiger partial charge >= 0.3 is 5.97 Å². The second kappa shape index (κ2) is 4.91. The molecular weight excluding hydrogens is 250 g/mol. The van der Waals surface area contributed by atoms with Crippen LogP contribution in [0.2, 0.25) is 5.02 Å². The number of carboxylic acid groups (broad SMARTS) is 1. The Labute approximate surface area is 109 Å². The summed E-state index contributed by atoms with van der Waals surface area (Å²) in [6.07, 6.45) is 0. The smallest absolute Gasteiger partial charge is 0.335 e. The lowest BCUT2D eigenvalue weighted by atomic mass is 9.99. The number of carboxylic acids is 1. The van der Waals surface area contributed by atoms with Gasteiger partial charge in [-0.3, -0.25) is 0 Å². The number of benzene rings is 2. The van der Waals surface area contributed by atoms with E-state index in [1.807, 2.05) is 0 Å². The Morgan fingerprint density at radius 3 is 2.50 bits per heavy atom. The van der Waals surface area contributed by atoms with Crippen molar-refractivity contribution < 1.29 is 9.90 Å². The molecule has 88 valence electrons. The predicted molar refractivity (Wildman–Crippen MR) is 68.6 cm³/mol. The van der Waals surface area contributed by atoms with Gasteiger partial charge in [-0.1, -0.05) is 35.9 Å². The zero-order valence-corrected chi connectivity index (χ0v) is 9.98. The number of hydrogen-bond donors (Lipinski definition) is 1. The van der Waals surface area contributed by atoms with Gasteiger partial charge in [-0.15, -0.1) is 0 Å². The Hall–Kier alpha value is -2.31. The number of rotatable bonds is 2. The minimum Gasteiger partial charge on any atom is -0.478 e. The van der Waals surface area contributed by atoms with E-state index in [1.54, 1.807) is 30.3 Å². The standard InChI is InChI=1S/C14H8ClNO2/c15-13-7-9(14(17)18)5-6-12(13)11-4-2-1-3-10(11)8-16/h1-7H,(H,17,18). The van der Waals surface area contributed by atoms with E-state index in [1.165, 1.54) is 12.1 Å². The molecule has 18 heavy (non-hydrogen) atoms. The van der Waals surface area contributed by atoms with Gasteiger partial charge in [0.2, 0.25) is 0 Å². The Morgan fingerprint density at radius 1 is 1.17 bits per heavy atom. The van der Waals surface area contributed by atoms with Gasteiger partial charge in [0.25, 0.3) is 0 Å². The fraction of sp³-hybridized carbons (Fsp3) is 0. The number of hydrogen-bond acceptors (Lipinski definition) is 2. The van der Waals surface area contributed by atoms with E-state index in [-0.39, 0.29) is 5.56 Å². The Morgan fingerprint density at radius 2 is 1.89 bits per heavy atom. The summed E-state index contributed by atoms with van der Waals surface area (Å²) in [5, 5.41) is 18.2. The van der Waals surface area contributed by atoms with Crippen LogP contribution in [0.4, 0.5) is 0 Å². The number of nitrogens with zero attached hydrogens (tertiary/aromatic N) is 1. The first kappa shape index (κ1) is 12.2. The molecule has 0 unspecified atom stereocenters. The highest BCUT2D eigenvalue weighted by molar-refractivity contribution is 6.33. The molecule has 0 atom stereocenters. The summed E-state index contributed by atoms with van der Waals surface area (Å²) < 4.78 is 0. The van der Waals surface area contributed by atoms with E-state index < -0.39 is 5.97 Å². The first-order valence-electron chi connectivity index (χ1n) is 5.16. The second-order valence-corrected chi connectivity index (χ2v) is 4.06. The normalized spacial score (nSPS) is 9.78. The molecule has 0 saturated carbocycles. The third-order valence-corrected chi connectivity index (χ3v) is 2.87. The van der Waals surface area contributed by atoms with E-state index in [0.717, 1.165) is 0 Å². The zero-order chi connectivity index (χ0) is 13.1. The van der Waals surface area contributed by atoms with Crippen molar-refractivity contribution in [2.24, 2.45) is 0 Å². The van der Waals surface area contributed by atoms with Crippen LogP contribution in [0.5, 0.6) is 0 Å². The van der Waals surface area contributed by atoms with Gasteiger partial charge < -0.3 is 5.11 Å². The molecule has 0 spiro atoms. The quantitative estimate of drug-likeness (QED) is 0.894. The average molecular weight is 258 g/mol. The lowest BCUT2D eigenvalue weighted by molar-refractivity contribution is 0.0697. The fourth-order valence-electron chi connectivity index (χ4n) is 1.68. The highest BCUT2D eigenvalue weighted by atomic mass is 35.5. The SMILES string of the molecule is N#Cc1ccccc1-c1ccc(C(=O)O)cc1Cl. The third-order valence-electron chi connectivity index (χ3n) is 2.55. The molecule has 0 saturated heterocycles. The molecular formula is C14H8ClNO2. The van der Waals surface area contributed by atoms with Crippen LogP contribution in [-0.2, 0) is 0 Å². The van der Waals surface area contributed by atoms with E-state index in [2.05, 4.69) is 6.07 Å². The summed E-state index contributed by atoms with van der Waals surface area (Å²) in [6.45, 7) is 0. The van der Waals surface area contributed by atoms with E-state index >= 15 is 0 Å². The lowest BCUT2D eigenvalue weighted by Crippen LogP contribution is -1.96. The summed E-state index contributed by atoms with van der Waals surface area (Å²) in [5.41, 5.74) is 1.97. The van der Waals surface area contributed by atoms with E-state index in [9.17, 15) is 4.79 Å². The van der Waals surface area contributed by atoms with Crippen molar-refractivity contribution in [3.63, 3.8) is 0 Å². The minimum absolute atomic E-state index is 0.123. The number of aromatic carboxylic acids is 1. The molecule has 3 nitrogen and oxygen atoms in total. The van der Waals surface area contributed by atoms with E-state index in [0.29, 0.717) is 21.7 Å². The van der Waals surface area contributed by atoms with Crippen molar-refractivity contribution >= 4 is 17.6 Å². The highest BCUT2D eigenvalue weighted by Gasteiger charge is 2.11. The van der Waals surface area contributed by atoms with Crippen LogP contribution < -0.4 is 0 Å². The Balaban J connectivity index is 2.59. The third kappa shape index (κ3) is 2.20. The maximum absolute atomic E-state index is 10.8. The molecule has 0 bridgehead atoms. The van der Waals surface area contributed by atoms with Gasteiger partial charge in [0.1, 0.15) is 0 Å². The molecule has 0 fully saturated rings. The van der Waals surface area contributed by atoms with Gasteiger partial charge in [-0.25, -0.2) is 4.79 Å². The van der Waals surface area contributed by atoms with E-state index in [4.69, 9.17) is 22.0 Å². The van der Waals surface area contributed by atoms with Crippen LogP contribution >= 0.6 is 11.6 Å². The number of nitriles is 1. The van der Waals surface area contributed by atoms with Gasteiger partial charge in [-0.2, -0.15) is 5.26 Å². The monoisotopic (exact) mass is 257 g/mol. The van der Waals surface area contributed by atoms with Crippen molar-refractivity contribution in [3.05, 3.63) is 58.6 Å². The first-order chi connectivity index (χ1) is 8.63. The summed E-state index contributed by atoms with van der Waals surface area (Å²) >= 11 is 6.06. The maximum atomic E-state index is 10.8. The molecule has 2 aromatic carbocycles. The summed E-state index contributed by atoms with van der Waals surface area (Å²) in [7, 11) is 0. The summed E-state index contributed by atoms with van der Waals surface area (Å²) in [4.78, 5) is 10.8. The summed E-state index contributed by atoms with van der Waals surface area (Å²) in [5.74, 6) is -1.03. The Kier molecular flexibility index (Phi) is 3.31. The molecule has 2 aromatic rings. The van der Waals surface area contributed by atoms with Gasteiger partial charge in [0, 0.05) is 16.1 Å². The van der Waals surface area contributed by atoms with Crippen molar-refractivity contribution in [1.82, 2.24) is 0 Å². The van der Waals surface area contributed by atoms with Gasteiger partial charge in [0.15, 0.2) is 0 Å². The van der Waals surface area contributed by atoms with Crippen molar-refractivity contribution in [3.8, 4) is 17.2 Å². The van der Waals surface area contributed by atoms with Crippen LogP contribution in [0.3, 0.4) is 0 Å². The second-order valence-electron chi connectivity index (χ2n) is 3.66. The van der Waals surface area contributed by atoms with Crippen molar-refractivity contribution in [2.75, 3.05) is 0 Å². The average Bonchev–Trinajstić information content (AvgIpc) is 2.38. The van der Waals surface area contributed by atoms with Crippen LogP contribution in [-0.4, -0.2) is 11.1 Å². The topological polar surface area (TPSA) is 61.1 Å². The molecule has 0 aliphatic rings. The van der Waals surface area contributed by atoms with Crippen molar-refractivity contribution in [1.29, 1.82) is 5.26 Å². The van der Waals surface area contributed by atoms with Gasteiger partial charge in [0.05, 0.1) is 17.2 Å². The van der Waals surface area contributed by atoms with Crippen LogP contribution in [0, 0.1) is 11.3 Å². The maximum Gasteiger partial charge on any atom is 0.335 e. The minimum atomic E-state index is -1.03. The molecule has 2 rings (SSSR count). The van der Waals surface area contributed by atoms with Crippen molar-refractivity contribution in [2.45, 2.75) is 0 Å². The molecule has 1 N–H and O–H groups in total. The molecule has 0 amide bonds. The summed E-state index contributed by atoms with van der Waals surface area (Å²) in [6, 6.07) is 13.6. The Bertz CT molecular complexity index is 659. The zero-order valence-electron chi connectivity index (χ0n) is 9.22. The number of carbonyl (C=O) groups is 1. The fourth-order valence-corrected chi connectivity index (χ4v) is 1.96. The lowest BCUT2D eigenvalue weighted by Gasteiger charge is -2.07. The molecule has 0 heterocycles. The van der Waals surface area contributed by atoms with Crippen LogP contribution in [0.25, 0.3) is 11.1 Å². The van der Waals surface area contributed by atoms with Crippen LogP contribution in [0.1, 0.15) is 15.9 Å². The predicted octanol–water partition coefficient (Wildman–Crippen LogP) is 3.58. The number of halogens is 1.